The number of fused-ring (bicyclic) bond motifs is 1. The second-order valence-corrected chi connectivity index (χ2v) is 6.16. The van der Waals surface area contributed by atoms with Crippen molar-refractivity contribution in [1.29, 1.82) is 0 Å². The molecule has 0 bridgehead atoms. The molecule has 0 atom stereocenters. The molecule has 0 fully saturated rings. The summed E-state index contributed by atoms with van der Waals surface area (Å²) in [6.07, 6.45) is 0.194. The van der Waals surface area contributed by atoms with Gasteiger partial charge in [-0.2, -0.15) is 5.10 Å². The molecule has 0 saturated heterocycles. The molecule has 0 radical (unpaired) electrons. The Bertz CT molecular complexity index is 860. The fraction of sp³-hybridized carbons (Fsp3) is 0.222. The van der Waals surface area contributed by atoms with Gasteiger partial charge in [0.1, 0.15) is 12.4 Å². The van der Waals surface area contributed by atoms with Crippen molar-refractivity contribution in [2.24, 2.45) is 0 Å². The lowest BCUT2D eigenvalue weighted by molar-refractivity contribution is -0.142. The van der Waals surface area contributed by atoms with E-state index in [4.69, 9.17) is 9.47 Å². The van der Waals surface area contributed by atoms with Crippen LogP contribution in [0.15, 0.2) is 46.9 Å². The van der Waals surface area contributed by atoms with Crippen LogP contribution >= 0.6 is 15.9 Å². The number of rotatable bonds is 6. The van der Waals surface area contributed by atoms with Gasteiger partial charge in [0.15, 0.2) is 0 Å². The molecule has 3 aromatic rings. The van der Waals surface area contributed by atoms with E-state index in [2.05, 4.69) is 26.1 Å². The number of para-hydroxylation sites is 1. The molecule has 0 aliphatic heterocycles. The summed E-state index contributed by atoms with van der Waals surface area (Å²) in [5.41, 5.74) is 2.58. The van der Waals surface area contributed by atoms with Gasteiger partial charge in [-0.3, -0.25) is 9.89 Å². The van der Waals surface area contributed by atoms with Gasteiger partial charge in [-0.15, -0.1) is 0 Å². The number of halogens is 1. The maximum atomic E-state index is 11.7. The van der Waals surface area contributed by atoms with E-state index in [0.29, 0.717) is 19.0 Å². The second-order valence-electron chi connectivity index (χ2n) is 5.24. The van der Waals surface area contributed by atoms with Gasteiger partial charge in [-0.05, 0) is 31.2 Å². The van der Waals surface area contributed by atoms with Crippen LogP contribution in [0.1, 0.15) is 18.2 Å². The molecule has 5 nitrogen and oxygen atoms in total. The minimum Gasteiger partial charge on any atom is -0.487 e. The van der Waals surface area contributed by atoms with Crippen LogP contribution < -0.4 is 4.74 Å². The summed E-state index contributed by atoms with van der Waals surface area (Å²) in [5.74, 6) is 0.410. The normalized spacial score (nSPS) is 10.8. The minimum atomic E-state index is -0.260. The van der Waals surface area contributed by atoms with Gasteiger partial charge < -0.3 is 9.47 Å². The Balaban J connectivity index is 1.76. The molecular formula is C18H17BrN2O3. The molecule has 0 unspecified atom stereocenters. The number of carbonyl (C=O) groups excluding carboxylic acids is 1. The van der Waals surface area contributed by atoms with Crippen molar-refractivity contribution in [3.63, 3.8) is 0 Å². The van der Waals surface area contributed by atoms with Gasteiger partial charge in [0, 0.05) is 15.4 Å². The summed E-state index contributed by atoms with van der Waals surface area (Å²) in [6, 6.07) is 13.4. The van der Waals surface area contributed by atoms with Crippen LogP contribution in [-0.4, -0.2) is 22.8 Å². The Hall–Kier alpha value is -2.34. The van der Waals surface area contributed by atoms with Crippen molar-refractivity contribution in [3.05, 3.63) is 58.2 Å². The zero-order chi connectivity index (χ0) is 16.9. The summed E-state index contributed by atoms with van der Waals surface area (Å²) in [6.45, 7) is 2.51. The Kier molecular flexibility index (Phi) is 5.15. The summed E-state index contributed by atoms with van der Waals surface area (Å²) < 4.78 is 11.9. The first-order valence-corrected chi connectivity index (χ1v) is 8.45. The van der Waals surface area contributed by atoms with Crippen molar-refractivity contribution in [3.8, 4) is 5.75 Å². The van der Waals surface area contributed by atoms with Gasteiger partial charge in [-0.25, -0.2) is 0 Å². The highest BCUT2D eigenvalue weighted by atomic mass is 79.9. The van der Waals surface area contributed by atoms with E-state index in [-0.39, 0.29) is 12.4 Å². The lowest BCUT2D eigenvalue weighted by Crippen LogP contribution is -2.09. The molecule has 1 heterocycles. The highest BCUT2D eigenvalue weighted by molar-refractivity contribution is 9.10. The van der Waals surface area contributed by atoms with Gasteiger partial charge >= 0.3 is 5.97 Å². The van der Waals surface area contributed by atoms with Crippen LogP contribution in [0.25, 0.3) is 10.9 Å². The second kappa shape index (κ2) is 7.49. The van der Waals surface area contributed by atoms with Gasteiger partial charge in [0.2, 0.25) is 0 Å². The standard InChI is InChI=1S/C18H17BrN2O3/c1-2-23-18(22)9-12-5-3-4-6-17(12)24-11-16-14-10-13(19)7-8-15(14)20-21-16/h3-8,10H,2,9,11H2,1H3,(H,20,21). The Morgan fingerprint density at radius 2 is 2.08 bits per heavy atom. The predicted molar refractivity (Wildman–Crippen MR) is 94.9 cm³/mol. The molecule has 0 aliphatic rings. The van der Waals surface area contributed by atoms with E-state index in [0.717, 1.165) is 26.6 Å². The number of hydrogen-bond donors (Lipinski definition) is 1. The maximum absolute atomic E-state index is 11.7. The average Bonchev–Trinajstić information content (AvgIpc) is 2.96. The van der Waals surface area contributed by atoms with Crippen molar-refractivity contribution in [2.75, 3.05) is 6.61 Å². The predicted octanol–water partition coefficient (Wildman–Crippen LogP) is 4.01. The van der Waals surface area contributed by atoms with Crippen LogP contribution in [0.3, 0.4) is 0 Å². The SMILES string of the molecule is CCOC(=O)Cc1ccccc1OCc1[nH]nc2ccc(Br)cc12. The number of nitrogens with one attached hydrogen (secondary N) is 1. The first-order chi connectivity index (χ1) is 11.7. The van der Waals surface area contributed by atoms with E-state index in [9.17, 15) is 4.79 Å². The zero-order valence-corrected chi connectivity index (χ0v) is 14.8. The van der Waals surface area contributed by atoms with Crippen molar-refractivity contribution >= 4 is 32.8 Å². The number of hydrogen-bond acceptors (Lipinski definition) is 4. The highest BCUT2D eigenvalue weighted by Gasteiger charge is 2.11. The molecular weight excluding hydrogens is 372 g/mol. The summed E-state index contributed by atoms with van der Waals surface area (Å²) >= 11 is 3.47. The minimum absolute atomic E-state index is 0.194. The molecule has 0 aliphatic carbocycles. The van der Waals surface area contributed by atoms with E-state index >= 15 is 0 Å². The third-order valence-corrected chi connectivity index (χ3v) is 4.07. The molecule has 0 amide bonds. The Morgan fingerprint density at radius 1 is 1.25 bits per heavy atom. The largest absolute Gasteiger partial charge is 0.487 e. The van der Waals surface area contributed by atoms with E-state index in [1.54, 1.807) is 6.92 Å². The van der Waals surface area contributed by atoms with Crippen LogP contribution in [0, 0.1) is 0 Å². The summed E-state index contributed by atoms with van der Waals surface area (Å²) in [7, 11) is 0. The molecule has 0 saturated carbocycles. The third kappa shape index (κ3) is 3.76. The lowest BCUT2D eigenvalue weighted by atomic mass is 10.1. The number of ether oxygens (including phenoxy) is 2. The van der Waals surface area contributed by atoms with Crippen molar-refractivity contribution < 1.29 is 14.3 Å². The van der Waals surface area contributed by atoms with Gasteiger partial charge in [0.05, 0.1) is 24.2 Å². The number of aromatic nitrogens is 2. The van der Waals surface area contributed by atoms with Crippen LogP contribution in [0.4, 0.5) is 0 Å². The first kappa shape index (κ1) is 16.5. The number of benzene rings is 2. The quantitative estimate of drug-likeness (QED) is 0.647. The topological polar surface area (TPSA) is 64.2 Å². The zero-order valence-electron chi connectivity index (χ0n) is 13.2. The van der Waals surface area contributed by atoms with E-state index in [1.165, 1.54) is 0 Å². The molecule has 24 heavy (non-hydrogen) atoms. The number of H-pyrrole nitrogens is 1. The van der Waals surface area contributed by atoms with Crippen LogP contribution in [0.2, 0.25) is 0 Å². The number of aromatic amines is 1. The fourth-order valence-electron chi connectivity index (χ4n) is 2.45. The Morgan fingerprint density at radius 3 is 2.92 bits per heavy atom. The number of carbonyl (C=O) groups is 1. The first-order valence-electron chi connectivity index (χ1n) is 7.66. The van der Waals surface area contributed by atoms with Crippen molar-refractivity contribution in [1.82, 2.24) is 10.2 Å². The van der Waals surface area contributed by atoms with Gasteiger partial charge in [-0.1, -0.05) is 34.1 Å². The summed E-state index contributed by atoms with van der Waals surface area (Å²) in [5, 5.41) is 8.28. The van der Waals surface area contributed by atoms with E-state index in [1.807, 2.05) is 42.5 Å². The molecule has 2 aromatic carbocycles. The molecule has 1 N–H and O–H groups in total. The number of nitrogens with zero attached hydrogens (tertiary/aromatic N) is 1. The van der Waals surface area contributed by atoms with Gasteiger partial charge in [0.25, 0.3) is 0 Å². The van der Waals surface area contributed by atoms with Crippen LogP contribution in [0.5, 0.6) is 5.75 Å². The maximum Gasteiger partial charge on any atom is 0.310 e. The average molecular weight is 389 g/mol. The monoisotopic (exact) mass is 388 g/mol. The van der Waals surface area contributed by atoms with E-state index < -0.39 is 0 Å². The fourth-order valence-corrected chi connectivity index (χ4v) is 2.81. The van der Waals surface area contributed by atoms with Crippen LogP contribution in [-0.2, 0) is 22.6 Å². The lowest BCUT2D eigenvalue weighted by Gasteiger charge is -2.10. The third-order valence-electron chi connectivity index (χ3n) is 3.58. The molecule has 6 heteroatoms. The van der Waals surface area contributed by atoms with Crippen molar-refractivity contribution in [2.45, 2.75) is 20.0 Å². The Labute approximate surface area is 148 Å². The highest BCUT2D eigenvalue weighted by Crippen LogP contribution is 2.24. The smallest absolute Gasteiger partial charge is 0.310 e. The molecule has 0 spiro atoms. The molecule has 3 rings (SSSR count). The molecule has 124 valence electrons. The summed E-state index contributed by atoms with van der Waals surface area (Å²) in [4.78, 5) is 11.7. The molecule has 1 aromatic heterocycles. The number of esters is 1.